The average Bonchev–Trinajstić information content (AvgIpc) is 2.04. The largest absolute Gasteiger partial charge is 0.411 e. The molecule has 0 heterocycles. The summed E-state index contributed by atoms with van der Waals surface area (Å²) in [6.45, 7) is 1.77. The normalized spacial score (nSPS) is 10.5. The van der Waals surface area contributed by atoms with Crippen LogP contribution in [0.5, 0.6) is 0 Å². The van der Waals surface area contributed by atoms with Crippen molar-refractivity contribution in [2.75, 3.05) is 0 Å². The highest BCUT2D eigenvalue weighted by Crippen LogP contribution is 2.08. The fraction of sp³-hybridized carbons (Fsp3) is 0.111. The van der Waals surface area contributed by atoms with E-state index in [4.69, 9.17) is 10.9 Å². The number of carbonyl (C=O) groups is 1. The molecular weight excluding hydrogens is 168 g/mol. The van der Waals surface area contributed by atoms with Gasteiger partial charge in [0.15, 0.2) is 0 Å². The fourth-order valence-corrected chi connectivity index (χ4v) is 1.11. The van der Waals surface area contributed by atoms with Crippen molar-refractivity contribution in [1.82, 2.24) is 0 Å². The molecule has 0 saturated carbocycles. The third-order valence-electron chi connectivity index (χ3n) is 1.72. The Labute approximate surface area is 75.7 Å². The number of nitrogens with two attached hydrogens (primary N) is 1. The molecule has 1 aromatic rings. The quantitative estimate of drug-likeness (QED) is 0.401. The van der Waals surface area contributed by atoms with Crippen molar-refractivity contribution < 1.29 is 10.0 Å². The van der Waals surface area contributed by atoms with Crippen LogP contribution in [0, 0.1) is 6.92 Å². The smallest absolute Gasteiger partial charge is 0.248 e. The molecule has 0 spiro atoms. The molecular formula is C9H10N2O2. The average molecular weight is 178 g/mol. The minimum Gasteiger partial charge on any atom is -0.411 e. The molecule has 1 rings (SSSR count). The number of aryl methyl sites for hydroxylation is 1. The highest BCUT2D eigenvalue weighted by atomic mass is 16.4. The highest BCUT2D eigenvalue weighted by Gasteiger charge is 2.03. The Balaban J connectivity index is 3.12. The first-order valence-electron chi connectivity index (χ1n) is 3.73. The summed E-state index contributed by atoms with van der Waals surface area (Å²) < 4.78 is 0. The van der Waals surface area contributed by atoms with Crippen molar-refractivity contribution >= 4 is 12.1 Å². The van der Waals surface area contributed by atoms with E-state index in [1.807, 2.05) is 0 Å². The van der Waals surface area contributed by atoms with Crippen LogP contribution >= 0.6 is 0 Å². The van der Waals surface area contributed by atoms with Crippen molar-refractivity contribution in [2.24, 2.45) is 10.9 Å². The molecule has 1 amide bonds. The Bertz CT molecular complexity index is 359. The molecule has 0 bridgehead atoms. The number of nitrogens with zero attached hydrogens (tertiary/aromatic N) is 1. The SMILES string of the molecule is Cc1cc(/C=N/O)ccc1C(N)=O. The Hall–Kier alpha value is -1.84. The van der Waals surface area contributed by atoms with E-state index in [2.05, 4.69) is 5.16 Å². The molecule has 68 valence electrons. The van der Waals surface area contributed by atoms with Gasteiger partial charge in [0, 0.05) is 5.56 Å². The topological polar surface area (TPSA) is 75.7 Å². The van der Waals surface area contributed by atoms with Crippen molar-refractivity contribution in [2.45, 2.75) is 6.92 Å². The van der Waals surface area contributed by atoms with Gasteiger partial charge in [0.1, 0.15) is 0 Å². The summed E-state index contributed by atoms with van der Waals surface area (Å²) in [6, 6.07) is 4.99. The number of hydrogen-bond donors (Lipinski definition) is 2. The van der Waals surface area contributed by atoms with E-state index in [1.54, 1.807) is 25.1 Å². The first kappa shape index (κ1) is 9.25. The third-order valence-corrected chi connectivity index (χ3v) is 1.72. The monoisotopic (exact) mass is 178 g/mol. The number of oxime groups is 1. The summed E-state index contributed by atoms with van der Waals surface area (Å²) in [4.78, 5) is 10.8. The van der Waals surface area contributed by atoms with Gasteiger partial charge in [0.05, 0.1) is 6.21 Å². The predicted molar refractivity (Wildman–Crippen MR) is 49.1 cm³/mol. The van der Waals surface area contributed by atoms with Crippen molar-refractivity contribution in [3.05, 3.63) is 34.9 Å². The molecule has 13 heavy (non-hydrogen) atoms. The van der Waals surface area contributed by atoms with Crippen molar-refractivity contribution in [3.63, 3.8) is 0 Å². The van der Waals surface area contributed by atoms with Crippen LogP contribution < -0.4 is 5.73 Å². The minimum atomic E-state index is -0.454. The van der Waals surface area contributed by atoms with E-state index in [-0.39, 0.29) is 0 Å². The van der Waals surface area contributed by atoms with Crippen LogP contribution in [-0.4, -0.2) is 17.3 Å². The second-order valence-electron chi connectivity index (χ2n) is 2.68. The van der Waals surface area contributed by atoms with Gasteiger partial charge in [0.25, 0.3) is 0 Å². The highest BCUT2D eigenvalue weighted by molar-refractivity contribution is 5.95. The maximum absolute atomic E-state index is 10.8. The van der Waals surface area contributed by atoms with Crippen LogP contribution in [0.15, 0.2) is 23.4 Å². The molecule has 0 fully saturated rings. The number of primary amides is 1. The Morgan fingerprint density at radius 2 is 2.31 bits per heavy atom. The third kappa shape index (κ3) is 2.05. The molecule has 1 aromatic carbocycles. The van der Waals surface area contributed by atoms with Gasteiger partial charge in [0.2, 0.25) is 5.91 Å². The summed E-state index contributed by atoms with van der Waals surface area (Å²) in [5.74, 6) is -0.454. The second-order valence-corrected chi connectivity index (χ2v) is 2.68. The zero-order valence-electron chi connectivity index (χ0n) is 7.19. The maximum Gasteiger partial charge on any atom is 0.248 e. The molecule has 0 aliphatic carbocycles. The Kier molecular flexibility index (Phi) is 2.64. The van der Waals surface area contributed by atoms with Gasteiger partial charge < -0.3 is 10.9 Å². The number of amides is 1. The fourth-order valence-electron chi connectivity index (χ4n) is 1.11. The van der Waals surface area contributed by atoms with Gasteiger partial charge in [-0.2, -0.15) is 0 Å². The number of hydrogen-bond acceptors (Lipinski definition) is 3. The second kappa shape index (κ2) is 3.71. The molecule has 0 radical (unpaired) electrons. The van der Waals surface area contributed by atoms with E-state index in [1.165, 1.54) is 6.21 Å². The summed E-state index contributed by atoms with van der Waals surface area (Å²) in [5, 5.41) is 11.1. The summed E-state index contributed by atoms with van der Waals surface area (Å²) in [7, 11) is 0. The summed E-state index contributed by atoms with van der Waals surface area (Å²) in [5.41, 5.74) is 7.09. The minimum absolute atomic E-state index is 0.454. The Morgan fingerprint density at radius 1 is 1.62 bits per heavy atom. The van der Waals surface area contributed by atoms with E-state index in [0.717, 1.165) is 11.1 Å². The standard InChI is InChI=1S/C9H10N2O2/c1-6-4-7(5-11-13)2-3-8(6)9(10)12/h2-5,13H,1H3,(H2,10,12)/b11-5+. The van der Waals surface area contributed by atoms with Crippen molar-refractivity contribution in [3.8, 4) is 0 Å². The zero-order valence-corrected chi connectivity index (χ0v) is 7.19. The number of rotatable bonds is 2. The van der Waals surface area contributed by atoms with Gasteiger partial charge >= 0.3 is 0 Å². The first-order chi connectivity index (χ1) is 6.15. The van der Waals surface area contributed by atoms with Crippen LogP contribution in [-0.2, 0) is 0 Å². The van der Waals surface area contributed by atoms with Crippen LogP contribution in [0.1, 0.15) is 21.5 Å². The van der Waals surface area contributed by atoms with Crippen LogP contribution in [0.3, 0.4) is 0 Å². The molecule has 0 atom stereocenters. The lowest BCUT2D eigenvalue weighted by Gasteiger charge is -2.01. The van der Waals surface area contributed by atoms with Gasteiger partial charge in [-0.15, -0.1) is 0 Å². The molecule has 4 nitrogen and oxygen atoms in total. The number of carbonyl (C=O) groups excluding carboxylic acids is 1. The van der Waals surface area contributed by atoms with Gasteiger partial charge in [-0.05, 0) is 30.2 Å². The van der Waals surface area contributed by atoms with E-state index in [0.29, 0.717) is 5.56 Å². The van der Waals surface area contributed by atoms with Crippen LogP contribution in [0.4, 0.5) is 0 Å². The van der Waals surface area contributed by atoms with E-state index < -0.39 is 5.91 Å². The van der Waals surface area contributed by atoms with Gasteiger partial charge in [-0.25, -0.2) is 0 Å². The molecule has 0 aliphatic rings. The van der Waals surface area contributed by atoms with Gasteiger partial charge in [-0.3, -0.25) is 4.79 Å². The van der Waals surface area contributed by atoms with E-state index in [9.17, 15) is 4.79 Å². The lowest BCUT2D eigenvalue weighted by Crippen LogP contribution is -2.12. The van der Waals surface area contributed by atoms with Gasteiger partial charge in [-0.1, -0.05) is 11.2 Å². The summed E-state index contributed by atoms with van der Waals surface area (Å²) in [6.07, 6.45) is 1.29. The molecule has 0 saturated heterocycles. The van der Waals surface area contributed by atoms with Crippen LogP contribution in [0.2, 0.25) is 0 Å². The summed E-state index contributed by atoms with van der Waals surface area (Å²) >= 11 is 0. The molecule has 0 aromatic heterocycles. The molecule has 0 aliphatic heterocycles. The molecule has 0 unspecified atom stereocenters. The maximum atomic E-state index is 10.8. The first-order valence-corrected chi connectivity index (χ1v) is 3.73. The molecule has 3 N–H and O–H groups in total. The Morgan fingerprint density at radius 3 is 2.77 bits per heavy atom. The number of benzene rings is 1. The predicted octanol–water partition coefficient (Wildman–Crippen LogP) is 0.902. The lowest BCUT2D eigenvalue weighted by molar-refractivity contribution is 0.0999. The van der Waals surface area contributed by atoms with Crippen LogP contribution in [0.25, 0.3) is 0 Å². The zero-order chi connectivity index (χ0) is 9.84. The molecule has 4 heteroatoms. The van der Waals surface area contributed by atoms with E-state index >= 15 is 0 Å². The van der Waals surface area contributed by atoms with Crippen molar-refractivity contribution in [1.29, 1.82) is 0 Å². The lowest BCUT2D eigenvalue weighted by atomic mass is 10.1.